The van der Waals surface area contributed by atoms with Crippen molar-refractivity contribution in [2.75, 3.05) is 25.7 Å². The van der Waals surface area contributed by atoms with Crippen LogP contribution in [0.1, 0.15) is 23.7 Å². The number of thioether (sulfide) groups is 1. The number of hydrogen-bond acceptors (Lipinski definition) is 7. The molecular weight excluding hydrogens is 336 g/mol. The van der Waals surface area contributed by atoms with Crippen LogP contribution in [0.15, 0.2) is 18.2 Å². The molecule has 1 amide bonds. The molecule has 0 saturated carbocycles. The fourth-order valence-electron chi connectivity index (χ4n) is 1.95. The van der Waals surface area contributed by atoms with Crippen LogP contribution in [0.4, 0.5) is 5.69 Å². The highest BCUT2D eigenvalue weighted by molar-refractivity contribution is 7.98. The molecule has 132 valence electrons. The molecule has 0 aliphatic heterocycles. The Morgan fingerprint density at radius 2 is 2.12 bits per heavy atom. The summed E-state index contributed by atoms with van der Waals surface area (Å²) in [6, 6.07) is 3.10. The van der Waals surface area contributed by atoms with Crippen LogP contribution in [0.5, 0.6) is 5.75 Å². The highest BCUT2D eigenvalue weighted by Crippen LogP contribution is 2.28. The molecular formula is C15H20N2O6S. The van der Waals surface area contributed by atoms with Crippen LogP contribution in [0.3, 0.4) is 0 Å². The molecule has 0 aromatic heterocycles. The number of carbonyl (C=O) groups excluding carboxylic acids is 2. The van der Waals surface area contributed by atoms with Gasteiger partial charge in [-0.25, -0.2) is 4.79 Å². The number of ether oxygens (including phenoxy) is 2. The fourth-order valence-corrected chi connectivity index (χ4v) is 2.42. The van der Waals surface area contributed by atoms with Gasteiger partial charge in [0.1, 0.15) is 6.04 Å². The van der Waals surface area contributed by atoms with E-state index in [1.165, 1.54) is 31.0 Å². The Morgan fingerprint density at radius 1 is 1.42 bits per heavy atom. The Labute approximate surface area is 144 Å². The summed E-state index contributed by atoms with van der Waals surface area (Å²) in [6.45, 7) is 1.97. The number of nitrogens with zero attached hydrogens (tertiary/aromatic N) is 1. The first-order valence-electron chi connectivity index (χ1n) is 7.23. The third-order valence-electron chi connectivity index (χ3n) is 3.12. The minimum Gasteiger partial charge on any atom is -0.487 e. The normalized spacial score (nSPS) is 11.5. The monoisotopic (exact) mass is 356 g/mol. The van der Waals surface area contributed by atoms with Gasteiger partial charge in [0.25, 0.3) is 5.91 Å². The first-order valence-corrected chi connectivity index (χ1v) is 8.62. The summed E-state index contributed by atoms with van der Waals surface area (Å²) >= 11 is 1.53. The highest BCUT2D eigenvalue weighted by Gasteiger charge is 2.24. The summed E-state index contributed by atoms with van der Waals surface area (Å²) in [6.07, 6.45) is 2.28. The van der Waals surface area contributed by atoms with E-state index in [-0.39, 0.29) is 23.6 Å². The van der Waals surface area contributed by atoms with Gasteiger partial charge in [-0.1, -0.05) is 0 Å². The van der Waals surface area contributed by atoms with Gasteiger partial charge in [-0.05, 0) is 37.5 Å². The summed E-state index contributed by atoms with van der Waals surface area (Å²) in [5, 5.41) is 13.7. The number of nitro benzene ring substituents is 1. The third kappa shape index (κ3) is 5.41. The second kappa shape index (κ2) is 9.76. The smallest absolute Gasteiger partial charge is 0.328 e. The van der Waals surface area contributed by atoms with E-state index in [0.717, 1.165) is 6.07 Å². The number of carbonyl (C=O) groups is 2. The zero-order valence-electron chi connectivity index (χ0n) is 13.7. The van der Waals surface area contributed by atoms with Crippen molar-refractivity contribution >= 4 is 29.3 Å². The van der Waals surface area contributed by atoms with Crippen LogP contribution in [-0.4, -0.2) is 48.6 Å². The van der Waals surface area contributed by atoms with Gasteiger partial charge in [0.15, 0.2) is 5.75 Å². The van der Waals surface area contributed by atoms with Gasteiger partial charge >= 0.3 is 11.7 Å². The van der Waals surface area contributed by atoms with Gasteiger partial charge < -0.3 is 14.8 Å². The molecule has 1 N–H and O–H groups in total. The molecule has 1 aromatic rings. The number of benzene rings is 1. The zero-order valence-corrected chi connectivity index (χ0v) is 14.6. The summed E-state index contributed by atoms with van der Waals surface area (Å²) in [7, 11) is 1.24. The van der Waals surface area contributed by atoms with Crippen molar-refractivity contribution in [1.82, 2.24) is 5.32 Å². The number of hydrogen-bond donors (Lipinski definition) is 1. The van der Waals surface area contributed by atoms with Crippen LogP contribution in [0.2, 0.25) is 0 Å². The Balaban J connectivity index is 2.98. The lowest BCUT2D eigenvalue weighted by Gasteiger charge is -2.16. The van der Waals surface area contributed by atoms with Crippen molar-refractivity contribution in [3.05, 3.63) is 33.9 Å². The number of rotatable bonds is 9. The van der Waals surface area contributed by atoms with Gasteiger partial charge in [0.2, 0.25) is 0 Å². The van der Waals surface area contributed by atoms with Crippen molar-refractivity contribution in [3.8, 4) is 5.75 Å². The SMILES string of the molecule is CCOc1ccc(C(=O)N[C@H](CCSC)C(=O)OC)cc1[N+](=O)[O-]. The van der Waals surface area contributed by atoms with E-state index in [2.05, 4.69) is 10.1 Å². The maximum Gasteiger partial charge on any atom is 0.328 e. The third-order valence-corrected chi connectivity index (χ3v) is 3.76. The Hall–Kier alpha value is -2.29. The Morgan fingerprint density at radius 3 is 2.67 bits per heavy atom. The number of methoxy groups -OCH3 is 1. The van der Waals surface area contributed by atoms with E-state index >= 15 is 0 Å². The summed E-state index contributed by atoms with van der Waals surface area (Å²) in [5.41, 5.74) is -0.230. The lowest BCUT2D eigenvalue weighted by molar-refractivity contribution is -0.385. The molecule has 0 unspecified atom stereocenters. The Kier molecular flexibility index (Phi) is 8.03. The topological polar surface area (TPSA) is 108 Å². The first kappa shape index (κ1) is 19.8. The van der Waals surface area contributed by atoms with Crippen LogP contribution in [0.25, 0.3) is 0 Å². The molecule has 1 atom stereocenters. The fraction of sp³-hybridized carbons (Fsp3) is 0.467. The predicted molar refractivity (Wildman–Crippen MR) is 90.5 cm³/mol. The van der Waals surface area contributed by atoms with Crippen LogP contribution in [-0.2, 0) is 9.53 Å². The average Bonchev–Trinajstić information content (AvgIpc) is 2.58. The number of amides is 1. The zero-order chi connectivity index (χ0) is 18.1. The molecule has 9 heteroatoms. The van der Waals surface area contributed by atoms with Crippen molar-refractivity contribution in [2.24, 2.45) is 0 Å². The largest absolute Gasteiger partial charge is 0.487 e. The molecule has 0 aliphatic carbocycles. The van der Waals surface area contributed by atoms with E-state index in [4.69, 9.17) is 4.74 Å². The van der Waals surface area contributed by atoms with Crippen molar-refractivity contribution < 1.29 is 24.0 Å². The second-order valence-corrected chi connectivity index (χ2v) is 5.69. The number of esters is 1. The van der Waals surface area contributed by atoms with Gasteiger partial charge in [-0.3, -0.25) is 14.9 Å². The number of nitro groups is 1. The van der Waals surface area contributed by atoms with E-state index in [9.17, 15) is 19.7 Å². The quantitative estimate of drug-likeness (QED) is 0.410. The summed E-state index contributed by atoms with van der Waals surface area (Å²) in [4.78, 5) is 34.5. The van der Waals surface area contributed by atoms with E-state index in [1.54, 1.807) is 6.92 Å². The summed E-state index contributed by atoms with van der Waals surface area (Å²) in [5.74, 6) is -0.398. The molecule has 0 heterocycles. The molecule has 24 heavy (non-hydrogen) atoms. The van der Waals surface area contributed by atoms with Gasteiger partial charge in [0, 0.05) is 11.6 Å². The molecule has 0 spiro atoms. The molecule has 0 bridgehead atoms. The first-order chi connectivity index (χ1) is 11.4. The molecule has 0 aliphatic rings. The molecule has 0 saturated heterocycles. The van der Waals surface area contributed by atoms with E-state index in [1.807, 2.05) is 6.26 Å². The van der Waals surface area contributed by atoms with Gasteiger partial charge in [-0.2, -0.15) is 11.8 Å². The molecule has 8 nitrogen and oxygen atoms in total. The lowest BCUT2D eigenvalue weighted by Crippen LogP contribution is -2.41. The standard InChI is InChI=1S/C15H20N2O6S/c1-4-23-13-6-5-10(9-12(13)17(20)21)14(18)16-11(7-8-24-3)15(19)22-2/h5-6,9,11H,4,7-8H2,1-3H3,(H,16,18)/t11-/m1/s1. The minimum atomic E-state index is -0.805. The Bertz CT molecular complexity index is 608. The van der Waals surface area contributed by atoms with Gasteiger partial charge in [0.05, 0.1) is 18.6 Å². The van der Waals surface area contributed by atoms with Gasteiger partial charge in [-0.15, -0.1) is 0 Å². The van der Waals surface area contributed by atoms with E-state index < -0.39 is 22.8 Å². The second-order valence-electron chi connectivity index (χ2n) is 4.70. The highest BCUT2D eigenvalue weighted by atomic mass is 32.2. The van der Waals surface area contributed by atoms with Crippen LogP contribution < -0.4 is 10.1 Å². The van der Waals surface area contributed by atoms with Crippen LogP contribution in [0, 0.1) is 10.1 Å². The molecule has 1 aromatic carbocycles. The van der Waals surface area contributed by atoms with Crippen molar-refractivity contribution in [3.63, 3.8) is 0 Å². The maximum atomic E-state index is 12.3. The summed E-state index contributed by atoms with van der Waals surface area (Å²) < 4.78 is 9.84. The predicted octanol–water partition coefficient (Wildman–Crippen LogP) is 2.02. The van der Waals surface area contributed by atoms with Crippen molar-refractivity contribution in [2.45, 2.75) is 19.4 Å². The average molecular weight is 356 g/mol. The number of nitrogens with one attached hydrogen (secondary N) is 1. The minimum absolute atomic E-state index is 0.0724. The van der Waals surface area contributed by atoms with E-state index in [0.29, 0.717) is 12.2 Å². The maximum absolute atomic E-state index is 12.3. The lowest BCUT2D eigenvalue weighted by atomic mass is 10.1. The molecule has 0 fully saturated rings. The molecule has 0 radical (unpaired) electrons. The molecule has 1 rings (SSSR count). The van der Waals surface area contributed by atoms with Crippen LogP contribution >= 0.6 is 11.8 Å². The van der Waals surface area contributed by atoms with Crippen molar-refractivity contribution in [1.29, 1.82) is 0 Å².